The van der Waals surface area contributed by atoms with Crippen LogP contribution in [0.3, 0.4) is 0 Å². The maximum atomic E-state index is 7.07. The van der Waals surface area contributed by atoms with Crippen molar-refractivity contribution in [2.45, 2.75) is 47.5 Å². The topological polar surface area (TPSA) is 9.23 Å². The van der Waals surface area contributed by atoms with Crippen LogP contribution in [0, 0.1) is 0 Å². The smallest absolute Gasteiger partial charge is 0.135 e. The summed E-state index contributed by atoms with van der Waals surface area (Å²) in [6.07, 6.45) is 38.5. The van der Waals surface area contributed by atoms with Crippen LogP contribution < -0.4 is 5.30 Å². The van der Waals surface area contributed by atoms with Crippen molar-refractivity contribution < 1.29 is 4.74 Å². The summed E-state index contributed by atoms with van der Waals surface area (Å²) in [6.45, 7) is 26.5. The van der Waals surface area contributed by atoms with E-state index in [1.54, 1.807) is 12.2 Å². The lowest BCUT2D eigenvalue weighted by Crippen LogP contribution is -2.06. The Labute approximate surface area is 271 Å². The van der Waals surface area contributed by atoms with Crippen LogP contribution in [-0.4, -0.2) is 0 Å². The molecule has 0 aliphatic heterocycles. The molecule has 1 nitrogen and oxygen atoms in total. The minimum atomic E-state index is -1.06. The van der Waals surface area contributed by atoms with Crippen molar-refractivity contribution in [1.82, 2.24) is 0 Å². The Bertz CT molecular complexity index is 1380. The summed E-state index contributed by atoms with van der Waals surface area (Å²) in [4.78, 5) is 0. The number of ether oxygens (including phenoxy) is 1. The molecule has 0 radical (unpaired) electrons. The van der Waals surface area contributed by atoms with Gasteiger partial charge in [0, 0.05) is 13.2 Å². The van der Waals surface area contributed by atoms with E-state index in [9.17, 15) is 0 Å². The molecule has 1 aromatic carbocycles. The summed E-state index contributed by atoms with van der Waals surface area (Å²) in [6, 6.07) is 10.5. The molecule has 2 atom stereocenters. The van der Waals surface area contributed by atoms with Crippen LogP contribution in [0.1, 0.15) is 47.5 Å². The molecule has 0 fully saturated rings. The Balaban J connectivity index is 4.13. The van der Waals surface area contributed by atoms with Crippen LogP contribution in [0.5, 0.6) is 0 Å². The highest BCUT2D eigenvalue weighted by Gasteiger charge is 2.25. The summed E-state index contributed by atoms with van der Waals surface area (Å²) >= 11 is 0. The van der Waals surface area contributed by atoms with E-state index in [-0.39, 0.29) is 0 Å². The third kappa shape index (κ3) is 13.3. The van der Waals surface area contributed by atoms with Crippen molar-refractivity contribution in [3.05, 3.63) is 199 Å². The van der Waals surface area contributed by atoms with Crippen LogP contribution in [0.2, 0.25) is 0 Å². The van der Waals surface area contributed by atoms with Gasteiger partial charge < -0.3 is 4.74 Å². The van der Waals surface area contributed by atoms with Gasteiger partial charge in [-0.25, -0.2) is 0 Å². The average Bonchev–Trinajstić information content (AvgIpc) is 3.02. The highest BCUT2D eigenvalue weighted by Crippen LogP contribution is 2.61. The quantitative estimate of drug-likeness (QED) is 0.0647. The fraction of sp³-hybridized carbons (Fsp3) is 0.171. The van der Waals surface area contributed by atoms with Crippen molar-refractivity contribution in [3.8, 4) is 0 Å². The van der Waals surface area contributed by atoms with Gasteiger partial charge in [0.25, 0.3) is 0 Å². The molecule has 0 bridgehead atoms. The number of hydrogen-bond acceptors (Lipinski definition) is 1. The van der Waals surface area contributed by atoms with Crippen LogP contribution in [0.4, 0.5) is 0 Å². The van der Waals surface area contributed by atoms with Gasteiger partial charge in [0.15, 0.2) is 0 Å². The van der Waals surface area contributed by atoms with Gasteiger partial charge in [-0.15, -0.1) is 0 Å². The van der Waals surface area contributed by atoms with Gasteiger partial charge in [-0.3, -0.25) is 0 Å². The van der Waals surface area contributed by atoms with Crippen molar-refractivity contribution in [2.24, 2.45) is 0 Å². The van der Waals surface area contributed by atoms with Crippen LogP contribution >= 0.6 is 15.8 Å². The molecular formula is C41H50OP2. The second kappa shape index (κ2) is 23.7. The number of benzene rings is 1. The fourth-order valence-corrected chi connectivity index (χ4v) is 8.96. The zero-order valence-electron chi connectivity index (χ0n) is 27.3. The molecule has 3 heteroatoms. The molecular weight excluding hydrogens is 570 g/mol. The zero-order valence-corrected chi connectivity index (χ0v) is 29.1. The van der Waals surface area contributed by atoms with Crippen LogP contribution in [-0.2, 0) is 4.74 Å². The van der Waals surface area contributed by atoms with Crippen molar-refractivity contribution in [2.75, 3.05) is 0 Å². The molecule has 0 saturated heterocycles. The van der Waals surface area contributed by atoms with Gasteiger partial charge in [-0.2, -0.15) is 0 Å². The predicted octanol–water partition coefficient (Wildman–Crippen LogP) is 13.4. The summed E-state index contributed by atoms with van der Waals surface area (Å²) in [5.74, 6) is 0.799. The first-order chi connectivity index (χ1) is 21.4. The van der Waals surface area contributed by atoms with Gasteiger partial charge in [-0.05, 0) is 81.9 Å². The molecule has 2 unspecified atom stereocenters. The largest absolute Gasteiger partial charge is 0.456 e. The molecule has 230 valence electrons. The van der Waals surface area contributed by atoms with Crippen LogP contribution in [0.25, 0.3) is 0 Å². The van der Waals surface area contributed by atoms with Gasteiger partial charge in [0.05, 0.1) is 0 Å². The van der Waals surface area contributed by atoms with Gasteiger partial charge in [0.2, 0.25) is 0 Å². The minimum absolute atomic E-state index is 0.799. The zero-order chi connectivity index (χ0) is 32.6. The normalized spacial score (nSPS) is 15.8. The van der Waals surface area contributed by atoms with Crippen molar-refractivity contribution in [3.63, 3.8) is 0 Å². The first-order valence-electron chi connectivity index (χ1n) is 15.0. The molecule has 0 aliphatic carbocycles. The van der Waals surface area contributed by atoms with Gasteiger partial charge in [-0.1, -0.05) is 161 Å². The Hall–Kier alpha value is -3.76. The molecule has 0 heterocycles. The lowest BCUT2D eigenvalue weighted by Gasteiger charge is -2.27. The van der Waals surface area contributed by atoms with Crippen molar-refractivity contribution in [1.29, 1.82) is 0 Å². The molecule has 44 heavy (non-hydrogen) atoms. The molecule has 0 spiro atoms. The van der Waals surface area contributed by atoms with E-state index in [2.05, 4.69) is 139 Å². The van der Waals surface area contributed by atoms with Gasteiger partial charge >= 0.3 is 0 Å². The minimum Gasteiger partial charge on any atom is -0.456 e. The molecule has 0 aliphatic rings. The summed E-state index contributed by atoms with van der Waals surface area (Å²) in [5.41, 5.74) is 0.848. The molecule has 0 aromatic heterocycles. The predicted molar refractivity (Wildman–Crippen MR) is 204 cm³/mol. The number of allylic oxidation sites excluding steroid dienone is 22. The summed E-state index contributed by atoms with van der Waals surface area (Å²) in [5, 5.41) is 5.98. The second-order valence-corrected chi connectivity index (χ2v) is 14.1. The van der Waals surface area contributed by atoms with E-state index < -0.39 is 15.8 Å². The summed E-state index contributed by atoms with van der Waals surface area (Å²) in [7, 11) is -1.94. The molecule has 0 N–H and O–H groups in total. The average molecular weight is 621 g/mol. The molecule has 1 rings (SSSR count). The maximum Gasteiger partial charge on any atom is 0.135 e. The third-order valence-corrected chi connectivity index (χ3v) is 11.0. The maximum absolute atomic E-state index is 7.07. The van der Waals surface area contributed by atoms with E-state index in [4.69, 9.17) is 4.74 Å². The Kier molecular flexibility index (Phi) is 20.6. The molecule has 1 aromatic rings. The van der Waals surface area contributed by atoms with E-state index in [0.29, 0.717) is 0 Å². The third-order valence-electron chi connectivity index (χ3n) is 6.08. The lowest BCUT2D eigenvalue weighted by molar-refractivity contribution is 0.350. The lowest BCUT2D eigenvalue weighted by atomic mass is 10.3. The highest BCUT2D eigenvalue weighted by molar-refractivity contribution is 7.73. The summed E-state index contributed by atoms with van der Waals surface area (Å²) < 4.78 is 7.07. The van der Waals surface area contributed by atoms with E-state index in [1.165, 1.54) is 15.9 Å². The van der Waals surface area contributed by atoms with E-state index >= 15 is 0 Å². The van der Waals surface area contributed by atoms with Gasteiger partial charge in [0.1, 0.15) is 11.3 Å². The standard InChI is InChI=1S/C41H50OP2/c1-10-17-20-23-30-35(8)43(37(26-13-4)27-14-5)36(9)40(33-19-12-3)42-41(34-22-18-11-2)44(38(28-15-6)29-16-7)39-31-24-21-25-32-39/h11-22,24-34H,2-4,6,10,23H2,1,5,7-9H3/b20-17-,22-18-,27-14-,29-16-,33-19-,35-30+,37-26+,38-28+,40-36-,41-34-. The first-order valence-corrected chi connectivity index (χ1v) is 17.7. The van der Waals surface area contributed by atoms with E-state index in [1.807, 2.05) is 49.4 Å². The number of hydrogen-bond donors (Lipinski definition) is 0. The monoisotopic (exact) mass is 620 g/mol. The SMILES string of the molecule is C=C/C=C\C=C(\OC(/C=C\C=C)=C(/C)P(/C(C)=C/C/C=C\CC)C(/C=C\C)=C/C=C)P(C(/C=C\C)=C/C=C)c1ccccc1. The molecule has 0 amide bonds. The molecule has 0 saturated carbocycles. The second-order valence-electron chi connectivity index (χ2n) is 9.39. The number of rotatable bonds is 19. The van der Waals surface area contributed by atoms with Crippen molar-refractivity contribution >= 4 is 21.1 Å². The fourth-order valence-electron chi connectivity index (χ4n) is 4.20. The highest BCUT2D eigenvalue weighted by atomic mass is 31.1. The first kappa shape index (κ1) is 38.3. The van der Waals surface area contributed by atoms with Crippen LogP contribution in [0.15, 0.2) is 199 Å². The Morgan fingerprint density at radius 3 is 1.98 bits per heavy atom. The Morgan fingerprint density at radius 2 is 1.39 bits per heavy atom. The Morgan fingerprint density at radius 1 is 0.750 bits per heavy atom. The van der Waals surface area contributed by atoms with E-state index in [0.717, 1.165) is 34.7 Å².